The van der Waals surface area contributed by atoms with Gasteiger partial charge in [0.25, 0.3) is 11.5 Å². The van der Waals surface area contributed by atoms with Crippen molar-refractivity contribution in [3.63, 3.8) is 0 Å². The van der Waals surface area contributed by atoms with E-state index in [1.807, 2.05) is 50.2 Å². The Morgan fingerprint density at radius 3 is 2.27 bits per heavy atom. The van der Waals surface area contributed by atoms with Crippen LogP contribution in [-0.2, 0) is 23.9 Å². The molecule has 1 aromatic heterocycles. The summed E-state index contributed by atoms with van der Waals surface area (Å²) in [6.45, 7) is 3.47. The molecule has 4 aromatic rings. The Morgan fingerprint density at radius 2 is 1.57 bits per heavy atom. The number of rotatable bonds is 6. The van der Waals surface area contributed by atoms with Crippen LogP contribution in [0.5, 0.6) is 0 Å². The summed E-state index contributed by atoms with van der Waals surface area (Å²) in [6.07, 6.45) is -2.87. The summed E-state index contributed by atoms with van der Waals surface area (Å²) in [7, 11) is 0. The maximum atomic E-state index is 13.6. The highest BCUT2D eigenvalue weighted by atomic mass is 19.4. The normalized spacial score (nSPS) is 14.7. The van der Waals surface area contributed by atoms with Crippen molar-refractivity contribution in [2.45, 2.75) is 33.0 Å². The molecule has 0 atom stereocenters. The van der Waals surface area contributed by atoms with E-state index in [0.29, 0.717) is 17.8 Å². The third kappa shape index (κ3) is 5.20. The molecule has 1 aliphatic rings. The van der Waals surface area contributed by atoms with Gasteiger partial charge in [-0.3, -0.25) is 19.6 Å². The van der Waals surface area contributed by atoms with Gasteiger partial charge < -0.3 is 5.32 Å². The number of hydrogen-bond acceptors (Lipinski definition) is 3. The maximum Gasteiger partial charge on any atom is 0.416 e. The smallest absolute Gasteiger partial charge is 0.303 e. The molecule has 0 aliphatic carbocycles. The van der Waals surface area contributed by atoms with Gasteiger partial charge in [-0.15, -0.1) is 0 Å². The predicted octanol–water partition coefficient (Wildman–Crippen LogP) is 5.48. The molecule has 2 N–H and O–H groups in total. The average molecular weight is 547 g/mol. The highest BCUT2D eigenvalue weighted by Crippen LogP contribution is 2.30. The number of urea groups is 1. The number of nitrogens with one attached hydrogen (secondary N) is 2. The lowest BCUT2D eigenvalue weighted by atomic mass is 10.0. The van der Waals surface area contributed by atoms with E-state index in [-0.39, 0.29) is 23.4 Å². The van der Waals surface area contributed by atoms with Crippen LogP contribution in [0.1, 0.15) is 39.1 Å². The summed E-state index contributed by atoms with van der Waals surface area (Å²) >= 11 is 0. The second kappa shape index (κ2) is 10.4. The van der Waals surface area contributed by atoms with Crippen LogP contribution in [0.2, 0.25) is 0 Å². The quantitative estimate of drug-likeness (QED) is 0.248. The number of halogens is 3. The fourth-order valence-electron chi connectivity index (χ4n) is 4.65. The van der Waals surface area contributed by atoms with Crippen molar-refractivity contribution < 1.29 is 22.8 Å². The molecule has 10 heteroatoms. The molecule has 1 saturated heterocycles. The number of hydrogen-bond donors (Lipinski definition) is 2. The van der Waals surface area contributed by atoms with Crippen LogP contribution < -0.4 is 10.9 Å². The Labute approximate surface area is 227 Å². The summed E-state index contributed by atoms with van der Waals surface area (Å²) in [5, 5.41) is 5.64. The zero-order valence-corrected chi connectivity index (χ0v) is 21.7. The average Bonchev–Trinajstić information content (AvgIpc) is 3.35. The number of carbonyl (C=O) groups is 2. The lowest BCUT2D eigenvalue weighted by Crippen LogP contribution is -2.30. The first-order valence-corrected chi connectivity index (χ1v) is 12.5. The number of aromatic nitrogens is 2. The first-order chi connectivity index (χ1) is 19.0. The summed E-state index contributed by atoms with van der Waals surface area (Å²) in [5.74, 6) is -0.743. The Balaban J connectivity index is 1.53. The molecular weight excluding hydrogens is 521 g/mol. The van der Waals surface area contributed by atoms with E-state index in [0.717, 1.165) is 33.7 Å². The Morgan fingerprint density at radius 1 is 0.875 bits per heavy atom. The molecule has 1 aliphatic heterocycles. The minimum absolute atomic E-state index is 0.142. The van der Waals surface area contributed by atoms with Crippen molar-refractivity contribution in [2.75, 3.05) is 0 Å². The van der Waals surface area contributed by atoms with Gasteiger partial charge in [0.05, 0.1) is 23.4 Å². The van der Waals surface area contributed by atoms with Gasteiger partial charge in [0.1, 0.15) is 5.70 Å². The summed E-state index contributed by atoms with van der Waals surface area (Å²) in [6, 6.07) is 18.7. The van der Waals surface area contributed by atoms with Crippen LogP contribution in [-0.4, -0.2) is 26.6 Å². The molecule has 3 amide bonds. The summed E-state index contributed by atoms with van der Waals surface area (Å²) in [4.78, 5) is 40.3. The van der Waals surface area contributed by atoms with Crippen LogP contribution in [0, 0.1) is 13.8 Å². The lowest BCUT2D eigenvalue weighted by molar-refractivity contribution is -0.137. The van der Waals surface area contributed by atoms with Gasteiger partial charge in [-0.2, -0.15) is 13.2 Å². The first-order valence-electron chi connectivity index (χ1n) is 12.5. The molecule has 204 valence electrons. The van der Waals surface area contributed by atoms with Gasteiger partial charge in [0.2, 0.25) is 0 Å². The largest absolute Gasteiger partial charge is 0.416 e. The maximum absolute atomic E-state index is 13.6. The zero-order chi connectivity index (χ0) is 28.6. The highest BCUT2D eigenvalue weighted by Gasteiger charge is 2.35. The number of imide groups is 1. The SMILES string of the molecule is Cc1ccccc1Cc1[nH]n(-c2ccccc2C)c(=O)c1/C=C1\NC(=O)N(Cc2cccc(C(F)(F)F)c2)C1=O. The number of aryl methyl sites for hydroxylation is 2. The van der Waals surface area contributed by atoms with Crippen LogP contribution in [0.15, 0.2) is 83.3 Å². The van der Waals surface area contributed by atoms with Crippen molar-refractivity contribution in [3.8, 4) is 5.69 Å². The van der Waals surface area contributed by atoms with Crippen molar-refractivity contribution >= 4 is 18.0 Å². The minimum Gasteiger partial charge on any atom is -0.303 e. The van der Waals surface area contributed by atoms with E-state index in [1.165, 1.54) is 22.9 Å². The molecule has 0 bridgehead atoms. The van der Waals surface area contributed by atoms with E-state index in [2.05, 4.69) is 10.4 Å². The molecule has 0 spiro atoms. The van der Waals surface area contributed by atoms with Gasteiger partial charge in [-0.05, 0) is 60.4 Å². The molecule has 0 unspecified atom stereocenters. The summed E-state index contributed by atoms with van der Waals surface area (Å²) in [5.41, 5.74) is 2.91. The highest BCUT2D eigenvalue weighted by molar-refractivity contribution is 6.13. The van der Waals surface area contributed by atoms with E-state index >= 15 is 0 Å². The van der Waals surface area contributed by atoms with Crippen LogP contribution in [0.4, 0.5) is 18.0 Å². The summed E-state index contributed by atoms with van der Waals surface area (Å²) < 4.78 is 40.8. The van der Waals surface area contributed by atoms with Crippen molar-refractivity contribution in [2.24, 2.45) is 0 Å². The minimum atomic E-state index is -4.56. The van der Waals surface area contributed by atoms with Crippen molar-refractivity contribution in [3.05, 3.63) is 128 Å². The fraction of sp³-hybridized carbons (Fsp3) is 0.167. The van der Waals surface area contributed by atoms with E-state index in [4.69, 9.17) is 0 Å². The first kappa shape index (κ1) is 26.7. The van der Waals surface area contributed by atoms with Crippen molar-refractivity contribution in [1.29, 1.82) is 0 Å². The molecular formula is C30H25F3N4O3. The van der Waals surface area contributed by atoms with E-state index in [1.54, 1.807) is 12.1 Å². The zero-order valence-electron chi connectivity index (χ0n) is 21.7. The van der Waals surface area contributed by atoms with Crippen molar-refractivity contribution in [1.82, 2.24) is 20.0 Å². The number of benzene rings is 3. The molecule has 1 fully saturated rings. The number of alkyl halides is 3. The van der Waals surface area contributed by atoms with Gasteiger partial charge in [-0.25, -0.2) is 9.48 Å². The number of H-pyrrole nitrogens is 1. The number of carbonyl (C=O) groups excluding carboxylic acids is 2. The second-order valence-corrected chi connectivity index (χ2v) is 9.61. The molecule has 7 nitrogen and oxygen atoms in total. The van der Waals surface area contributed by atoms with Gasteiger partial charge >= 0.3 is 12.2 Å². The van der Waals surface area contributed by atoms with Gasteiger partial charge in [0, 0.05) is 12.1 Å². The number of para-hydroxylation sites is 1. The Hall–Kier alpha value is -4.86. The van der Waals surface area contributed by atoms with E-state index < -0.39 is 29.2 Å². The Kier molecular flexibility index (Phi) is 6.93. The van der Waals surface area contributed by atoms with E-state index in [9.17, 15) is 27.6 Å². The topological polar surface area (TPSA) is 87.2 Å². The number of amides is 3. The fourth-order valence-corrected chi connectivity index (χ4v) is 4.65. The van der Waals surface area contributed by atoms with Crippen LogP contribution in [0.3, 0.4) is 0 Å². The second-order valence-electron chi connectivity index (χ2n) is 9.61. The number of nitrogens with zero attached hydrogens (tertiary/aromatic N) is 2. The standard InChI is InChI=1S/C30H25F3N4O3/c1-18-8-3-5-11-21(18)15-24-23(27(38)37(35-24)26-13-6-4-9-19(26)2)16-25-28(39)36(29(40)34-25)17-20-10-7-12-22(14-20)30(31,32)33/h3-14,16,35H,15,17H2,1-2H3,(H,34,40)/b25-16-. The van der Waals surface area contributed by atoms with Crippen LogP contribution >= 0.6 is 0 Å². The molecule has 3 aromatic carbocycles. The molecule has 2 heterocycles. The lowest BCUT2D eigenvalue weighted by Gasteiger charge is -2.13. The molecule has 0 saturated carbocycles. The predicted molar refractivity (Wildman–Crippen MR) is 144 cm³/mol. The molecule has 5 rings (SSSR count). The third-order valence-electron chi connectivity index (χ3n) is 6.84. The van der Waals surface area contributed by atoms with Crippen LogP contribution in [0.25, 0.3) is 11.8 Å². The number of aromatic amines is 1. The third-order valence-corrected chi connectivity index (χ3v) is 6.84. The molecule has 40 heavy (non-hydrogen) atoms. The van der Waals surface area contributed by atoms with Gasteiger partial charge in [-0.1, -0.05) is 54.6 Å². The monoisotopic (exact) mass is 546 g/mol. The van der Waals surface area contributed by atoms with Gasteiger partial charge in [0.15, 0.2) is 0 Å². The Bertz CT molecular complexity index is 1720. The molecule has 0 radical (unpaired) electrons.